The van der Waals surface area contributed by atoms with Crippen LogP contribution in [0.25, 0.3) is 0 Å². The minimum Gasteiger partial charge on any atom is -0.394 e. The molecule has 0 bridgehead atoms. The number of hydrogen-bond acceptors (Lipinski definition) is 3. The molecule has 0 spiro atoms. The Morgan fingerprint density at radius 1 is 0.523 bits per heavy atom. The van der Waals surface area contributed by atoms with Gasteiger partial charge in [-0.3, -0.25) is 4.79 Å². The summed E-state index contributed by atoms with van der Waals surface area (Å²) in [7, 11) is 0. The Bertz CT molecular complexity index is 593. The average Bonchev–Trinajstić information content (AvgIpc) is 3.03. The summed E-state index contributed by atoms with van der Waals surface area (Å²) in [6.45, 7) is 4.36. The van der Waals surface area contributed by atoms with Crippen LogP contribution in [0, 0.1) is 0 Å². The third-order valence-electron chi connectivity index (χ3n) is 9.28. The SMILES string of the molecule is CCCCCCCC/C=C/CCCCCCCCCC(=O)N[C@@H](CO)[C@H](O)CCCCCCCCCCCCCCCCC. The molecule has 1 amide bonds. The lowest BCUT2D eigenvalue weighted by atomic mass is 10.0. The molecule has 0 aliphatic carbocycles. The summed E-state index contributed by atoms with van der Waals surface area (Å²) in [5.74, 6) is -0.0349. The second kappa shape index (κ2) is 36.6. The first-order valence-corrected chi connectivity index (χ1v) is 19.9. The number of nitrogens with one attached hydrogen (secondary N) is 1. The van der Waals surface area contributed by atoms with Crippen molar-refractivity contribution in [3.63, 3.8) is 0 Å². The van der Waals surface area contributed by atoms with Gasteiger partial charge in [0, 0.05) is 6.42 Å². The highest BCUT2D eigenvalue weighted by molar-refractivity contribution is 5.76. The normalized spacial score (nSPS) is 13.1. The van der Waals surface area contributed by atoms with Gasteiger partial charge in [0.1, 0.15) is 0 Å². The second-order valence-corrected chi connectivity index (χ2v) is 13.7. The molecule has 0 saturated carbocycles. The van der Waals surface area contributed by atoms with Crippen molar-refractivity contribution in [2.75, 3.05) is 6.61 Å². The minimum absolute atomic E-state index is 0.0349. The number of carbonyl (C=O) groups excluding carboxylic acids is 1. The van der Waals surface area contributed by atoms with Crippen molar-refractivity contribution in [3.05, 3.63) is 12.2 Å². The molecule has 0 rings (SSSR count). The van der Waals surface area contributed by atoms with E-state index >= 15 is 0 Å². The van der Waals surface area contributed by atoms with Gasteiger partial charge in [-0.1, -0.05) is 187 Å². The highest BCUT2D eigenvalue weighted by Crippen LogP contribution is 2.15. The maximum absolute atomic E-state index is 12.4. The number of rotatable bonds is 36. The Morgan fingerprint density at radius 3 is 1.25 bits per heavy atom. The highest BCUT2D eigenvalue weighted by atomic mass is 16.3. The maximum atomic E-state index is 12.4. The van der Waals surface area contributed by atoms with Crippen molar-refractivity contribution >= 4 is 5.91 Å². The molecule has 0 aromatic heterocycles. The zero-order valence-electron chi connectivity index (χ0n) is 29.9. The molecule has 0 aromatic carbocycles. The number of aliphatic hydroxyl groups is 2. The predicted octanol–water partition coefficient (Wildman–Crippen LogP) is 11.9. The van der Waals surface area contributed by atoms with Crippen molar-refractivity contribution < 1.29 is 15.0 Å². The number of carbonyl (C=O) groups is 1. The van der Waals surface area contributed by atoms with Crippen LogP contribution in [0.2, 0.25) is 0 Å². The van der Waals surface area contributed by atoms with Gasteiger partial charge in [0.25, 0.3) is 0 Å². The van der Waals surface area contributed by atoms with E-state index in [0.717, 1.165) is 25.7 Å². The number of aliphatic hydroxyl groups excluding tert-OH is 2. The first kappa shape index (κ1) is 43.1. The molecule has 0 aliphatic rings. The number of hydrogen-bond donors (Lipinski definition) is 3. The van der Waals surface area contributed by atoms with Gasteiger partial charge in [0.2, 0.25) is 5.91 Å². The number of unbranched alkanes of at least 4 members (excludes halogenated alkanes) is 27. The molecule has 2 atom stereocenters. The smallest absolute Gasteiger partial charge is 0.220 e. The van der Waals surface area contributed by atoms with Gasteiger partial charge in [-0.15, -0.1) is 0 Å². The lowest BCUT2D eigenvalue weighted by molar-refractivity contribution is -0.123. The number of allylic oxidation sites excluding steroid dienone is 2. The topological polar surface area (TPSA) is 69.6 Å². The van der Waals surface area contributed by atoms with Crippen LogP contribution in [0.3, 0.4) is 0 Å². The van der Waals surface area contributed by atoms with Crippen LogP contribution >= 0.6 is 0 Å². The van der Waals surface area contributed by atoms with Crippen LogP contribution in [-0.4, -0.2) is 34.9 Å². The van der Waals surface area contributed by atoms with Crippen molar-refractivity contribution in [3.8, 4) is 0 Å². The van der Waals surface area contributed by atoms with Gasteiger partial charge in [0.15, 0.2) is 0 Å². The van der Waals surface area contributed by atoms with Crippen LogP contribution < -0.4 is 5.32 Å². The van der Waals surface area contributed by atoms with E-state index in [0.29, 0.717) is 12.8 Å². The van der Waals surface area contributed by atoms with Crippen LogP contribution in [0.15, 0.2) is 12.2 Å². The minimum atomic E-state index is -0.656. The molecular formula is C40H79NO3. The van der Waals surface area contributed by atoms with Crippen molar-refractivity contribution in [1.82, 2.24) is 5.32 Å². The standard InChI is InChI=1S/C40H79NO3/c1-3-5-7-9-11-13-15-17-19-20-22-24-26-28-30-32-34-36-40(44)41-38(37-42)39(43)35-33-31-29-27-25-23-21-18-16-14-12-10-8-6-4-2/h17,19,38-39,42-43H,3-16,18,20-37H2,1-2H3,(H,41,44)/b19-17+/t38-,39+/m0/s1. The summed E-state index contributed by atoms with van der Waals surface area (Å²) < 4.78 is 0. The van der Waals surface area contributed by atoms with Crippen molar-refractivity contribution in [1.29, 1.82) is 0 Å². The molecule has 0 saturated heterocycles. The fourth-order valence-corrected chi connectivity index (χ4v) is 6.18. The lowest BCUT2D eigenvalue weighted by Crippen LogP contribution is -2.45. The van der Waals surface area contributed by atoms with Crippen LogP contribution in [-0.2, 0) is 4.79 Å². The van der Waals surface area contributed by atoms with Crippen LogP contribution in [0.5, 0.6) is 0 Å². The van der Waals surface area contributed by atoms with E-state index in [1.165, 1.54) is 167 Å². The summed E-state index contributed by atoms with van der Waals surface area (Å²) >= 11 is 0. The molecule has 4 heteroatoms. The summed E-state index contributed by atoms with van der Waals surface area (Å²) in [6.07, 6.45) is 44.1. The zero-order valence-corrected chi connectivity index (χ0v) is 29.9. The van der Waals surface area contributed by atoms with Gasteiger partial charge in [0.05, 0.1) is 18.8 Å². The lowest BCUT2D eigenvalue weighted by Gasteiger charge is -2.22. The fraction of sp³-hybridized carbons (Fsp3) is 0.925. The van der Waals surface area contributed by atoms with Gasteiger partial charge in [-0.25, -0.2) is 0 Å². The van der Waals surface area contributed by atoms with Gasteiger partial charge in [-0.05, 0) is 38.5 Å². The Hall–Kier alpha value is -0.870. The van der Waals surface area contributed by atoms with E-state index in [-0.39, 0.29) is 12.5 Å². The summed E-state index contributed by atoms with van der Waals surface area (Å²) in [5.41, 5.74) is 0. The maximum Gasteiger partial charge on any atom is 0.220 e. The molecule has 0 unspecified atom stereocenters. The van der Waals surface area contributed by atoms with Crippen molar-refractivity contribution in [2.24, 2.45) is 0 Å². The molecule has 0 fully saturated rings. The largest absolute Gasteiger partial charge is 0.394 e. The van der Waals surface area contributed by atoms with E-state index in [1.807, 2.05) is 0 Å². The zero-order chi connectivity index (χ0) is 32.2. The molecule has 44 heavy (non-hydrogen) atoms. The first-order chi connectivity index (χ1) is 21.7. The fourth-order valence-electron chi connectivity index (χ4n) is 6.18. The Kier molecular flexibility index (Phi) is 35.9. The highest BCUT2D eigenvalue weighted by Gasteiger charge is 2.19. The van der Waals surface area contributed by atoms with Gasteiger partial charge < -0.3 is 15.5 Å². The molecular weight excluding hydrogens is 542 g/mol. The Labute approximate surface area is 276 Å². The molecule has 0 radical (unpaired) electrons. The molecule has 0 heterocycles. The summed E-state index contributed by atoms with van der Waals surface area (Å²) in [6, 6.07) is -0.533. The third kappa shape index (κ3) is 32.5. The molecule has 0 aliphatic heterocycles. The van der Waals surface area contributed by atoms with E-state index in [4.69, 9.17) is 0 Å². The van der Waals surface area contributed by atoms with Crippen LogP contribution in [0.1, 0.15) is 219 Å². The summed E-state index contributed by atoms with van der Waals surface area (Å²) in [4.78, 5) is 12.4. The van der Waals surface area contributed by atoms with Gasteiger partial charge >= 0.3 is 0 Å². The molecule has 3 N–H and O–H groups in total. The summed E-state index contributed by atoms with van der Waals surface area (Å²) in [5, 5.41) is 23.1. The Balaban J connectivity index is 3.53. The first-order valence-electron chi connectivity index (χ1n) is 19.9. The molecule has 0 aromatic rings. The van der Waals surface area contributed by atoms with E-state index in [2.05, 4.69) is 31.3 Å². The van der Waals surface area contributed by atoms with Crippen LogP contribution in [0.4, 0.5) is 0 Å². The molecule has 4 nitrogen and oxygen atoms in total. The van der Waals surface area contributed by atoms with E-state index in [1.54, 1.807) is 0 Å². The number of amides is 1. The second-order valence-electron chi connectivity index (χ2n) is 13.7. The Morgan fingerprint density at radius 2 is 0.864 bits per heavy atom. The monoisotopic (exact) mass is 622 g/mol. The average molecular weight is 622 g/mol. The third-order valence-corrected chi connectivity index (χ3v) is 9.28. The molecule has 262 valence electrons. The van der Waals surface area contributed by atoms with Crippen molar-refractivity contribution in [2.45, 2.75) is 231 Å². The van der Waals surface area contributed by atoms with Gasteiger partial charge in [-0.2, -0.15) is 0 Å². The quantitative estimate of drug-likeness (QED) is 0.0481. The van der Waals surface area contributed by atoms with E-state index in [9.17, 15) is 15.0 Å². The van der Waals surface area contributed by atoms with E-state index < -0.39 is 12.1 Å². The predicted molar refractivity (Wildman–Crippen MR) is 193 cm³/mol.